The highest BCUT2D eigenvalue weighted by Crippen LogP contribution is 2.31. The van der Waals surface area contributed by atoms with Gasteiger partial charge in [0, 0.05) is 18.2 Å². The fraction of sp³-hybridized carbons (Fsp3) is 0.381. The minimum absolute atomic E-state index is 0.00240. The zero-order valence-electron chi connectivity index (χ0n) is 15.9. The maximum Gasteiger partial charge on any atom is 0.416 e. The van der Waals surface area contributed by atoms with E-state index in [2.05, 4.69) is 6.58 Å². The molecule has 0 heterocycles. The average Bonchev–Trinajstić information content (AvgIpc) is 2.51. The highest BCUT2D eigenvalue weighted by molar-refractivity contribution is 5.99. The second-order valence-electron chi connectivity index (χ2n) is 6.59. The lowest BCUT2D eigenvalue weighted by Crippen LogP contribution is -2.41. The molecule has 142 valence electrons. The summed E-state index contributed by atoms with van der Waals surface area (Å²) in [7, 11) is 0. The van der Waals surface area contributed by atoms with Gasteiger partial charge in [-0.3, -0.25) is 4.79 Å². The Hall–Kier alpha value is -2.30. The van der Waals surface area contributed by atoms with Crippen LogP contribution in [0.2, 0.25) is 0 Å². The fourth-order valence-electron chi connectivity index (χ4n) is 2.79. The lowest BCUT2D eigenvalue weighted by atomic mass is 9.96. The van der Waals surface area contributed by atoms with E-state index in [0.717, 1.165) is 12.1 Å². The molecule has 2 nitrogen and oxygen atoms in total. The van der Waals surface area contributed by atoms with E-state index < -0.39 is 11.7 Å². The normalized spacial score (nSPS) is 12.9. The van der Waals surface area contributed by atoms with E-state index in [0.29, 0.717) is 16.7 Å². The van der Waals surface area contributed by atoms with Gasteiger partial charge in [0.15, 0.2) is 0 Å². The predicted molar refractivity (Wildman–Crippen MR) is 100 cm³/mol. The lowest BCUT2D eigenvalue weighted by molar-refractivity contribution is -0.137. The first-order valence-electron chi connectivity index (χ1n) is 8.52. The Morgan fingerprint density at radius 1 is 1.08 bits per heavy atom. The lowest BCUT2D eigenvalue weighted by Gasteiger charge is -2.30. The molecule has 0 fully saturated rings. The summed E-state index contributed by atoms with van der Waals surface area (Å²) in [5.74, 6) is -0.199. The number of allylic oxidation sites excluding steroid dienone is 4. The summed E-state index contributed by atoms with van der Waals surface area (Å²) in [6.07, 6.45) is 0.550. The number of halogens is 3. The predicted octanol–water partition coefficient (Wildman–Crippen LogP) is 5.87. The summed E-state index contributed by atoms with van der Waals surface area (Å²) in [6, 6.07) is 4.76. The average molecular weight is 365 g/mol. The zero-order chi connectivity index (χ0) is 20.1. The molecule has 0 aliphatic carbocycles. The van der Waals surface area contributed by atoms with Crippen molar-refractivity contribution in [2.45, 2.75) is 52.9 Å². The fourth-order valence-corrected chi connectivity index (χ4v) is 2.79. The standard InChI is InChI=1S/C21H26F3NO/c1-7-8-16(6)19(13-20(26)25(14(2)3)15(4)5)17-9-11-18(12-10-17)21(22,23)24/h7-15H,6H2,1-5H3/b8-7+,19-13+. The van der Waals surface area contributed by atoms with Crippen LogP contribution in [-0.2, 0) is 11.0 Å². The van der Waals surface area contributed by atoms with E-state index in [1.807, 2.05) is 34.6 Å². The van der Waals surface area contributed by atoms with Crippen molar-refractivity contribution in [2.75, 3.05) is 0 Å². The maximum absolute atomic E-state index is 12.8. The topological polar surface area (TPSA) is 20.3 Å². The minimum Gasteiger partial charge on any atom is -0.334 e. The van der Waals surface area contributed by atoms with Crippen LogP contribution in [0.25, 0.3) is 5.57 Å². The Morgan fingerprint density at radius 3 is 1.96 bits per heavy atom. The van der Waals surface area contributed by atoms with Gasteiger partial charge in [0.05, 0.1) is 5.56 Å². The molecule has 1 rings (SSSR count). The van der Waals surface area contributed by atoms with Gasteiger partial charge in [0.1, 0.15) is 0 Å². The molecule has 0 aliphatic heterocycles. The molecule has 26 heavy (non-hydrogen) atoms. The van der Waals surface area contributed by atoms with E-state index in [1.54, 1.807) is 17.1 Å². The number of nitrogens with zero attached hydrogens (tertiary/aromatic N) is 1. The molecule has 0 aromatic heterocycles. The molecule has 0 N–H and O–H groups in total. The van der Waals surface area contributed by atoms with Gasteiger partial charge in [-0.2, -0.15) is 13.2 Å². The molecule has 0 saturated heterocycles. The molecule has 0 unspecified atom stereocenters. The van der Waals surface area contributed by atoms with Gasteiger partial charge in [0.25, 0.3) is 0 Å². The molecule has 1 amide bonds. The van der Waals surface area contributed by atoms with Gasteiger partial charge >= 0.3 is 6.18 Å². The van der Waals surface area contributed by atoms with E-state index in [1.165, 1.54) is 18.2 Å². The van der Waals surface area contributed by atoms with Crippen molar-refractivity contribution in [3.8, 4) is 0 Å². The molecule has 0 radical (unpaired) electrons. The monoisotopic (exact) mass is 365 g/mol. The van der Waals surface area contributed by atoms with Crippen LogP contribution in [0.3, 0.4) is 0 Å². The Morgan fingerprint density at radius 2 is 1.58 bits per heavy atom. The third kappa shape index (κ3) is 5.61. The van der Waals surface area contributed by atoms with Gasteiger partial charge in [-0.15, -0.1) is 0 Å². The van der Waals surface area contributed by atoms with E-state index >= 15 is 0 Å². The number of carbonyl (C=O) groups is 1. The van der Waals surface area contributed by atoms with Crippen LogP contribution in [0.1, 0.15) is 45.7 Å². The third-order valence-electron chi connectivity index (χ3n) is 3.87. The summed E-state index contributed by atoms with van der Waals surface area (Å²) < 4.78 is 38.4. The van der Waals surface area contributed by atoms with Gasteiger partial charge < -0.3 is 4.90 Å². The molecule has 0 atom stereocenters. The van der Waals surface area contributed by atoms with E-state index in [9.17, 15) is 18.0 Å². The van der Waals surface area contributed by atoms with E-state index in [-0.39, 0.29) is 18.0 Å². The van der Waals surface area contributed by atoms with Crippen LogP contribution >= 0.6 is 0 Å². The number of alkyl halides is 3. The first kappa shape index (κ1) is 21.7. The van der Waals surface area contributed by atoms with Crippen LogP contribution in [0.4, 0.5) is 13.2 Å². The number of hydrogen-bond acceptors (Lipinski definition) is 1. The maximum atomic E-state index is 12.8. The molecule has 0 saturated carbocycles. The quantitative estimate of drug-likeness (QED) is 0.456. The van der Waals surface area contributed by atoms with Crippen molar-refractivity contribution in [3.63, 3.8) is 0 Å². The molecule has 1 aromatic rings. The molecule has 1 aromatic carbocycles. The minimum atomic E-state index is -4.40. The number of benzene rings is 1. The van der Waals surface area contributed by atoms with Crippen molar-refractivity contribution < 1.29 is 18.0 Å². The summed E-state index contributed by atoms with van der Waals surface area (Å²) in [5, 5.41) is 0. The number of hydrogen-bond donors (Lipinski definition) is 0. The Kier molecular flexibility index (Phi) is 7.42. The summed E-state index contributed by atoms with van der Waals surface area (Å²) >= 11 is 0. The number of carbonyl (C=O) groups excluding carboxylic acids is 1. The van der Waals surface area contributed by atoms with Crippen LogP contribution in [0, 0.1) is 0 Å². The number of rotatable bonds is 6. The zero-order valence-corrected chi connectivity index (χ0v) is 15.9. The first-order chi connectivity index (χ1) is 12.0. The van der Waals surface area contributed by atoms with Crippen molar-refractivity contribution in [3.05, 3.63) is 65.8 Å². The van der Waals surface area contributed by atoms with Gasteiger partial charge in [-0.25, -0.2) is 0 Å². The highest BCUT2D eigenvalue weighted by atomic mass is 19.4. The molecule has 0 bridgehead atoms. The number of amides is 1. The van der Waals surface area contributed by atoms with Crippen molar-refractivity contribution in [2.24, 2.45) is 0 Å². The molecular formula is C21H26F3NO. The summed E-state index contributed by atoms with van der Waals surface area (Å²) in [5.41, 5.74) is 0.859. The second-order valence-corrected chi connectivity index (χ2v) is 6.59. The summed E-state index contributed by atoms with van der Waals surface area (Å²) in [6.45, 7) is 13.4. The van der Waals surface area contributed by atoms with Crippen LogP contribution in [0.15, 0.2) is 54.6 Å². The second kappa shape index (κ2) is 8.88. The molecule has 0 aliphatic rings. The highest BCUT2D eigenvalue weighted by Gasteiger charge is 2.30. The molecule has 5 heteroatoms. The Labute approximate surface area is 153 Å². The first-order valence-corrected chi connectivity index (χ1v) is 8.52. The van der Waals surface area contributed by atoms with Crippen molar-refractivity contribution in [1.29, 1.82) is 0 Å². The van der Waals surface area contributed by atoms with Gasteiger partial charge in [-0.1, -0.05) is 30.9 Å². The van der Waals surface area contributed by atoms with Gasteiger partial charge in [-0.05, 0) is 63.5 Å². The molecule has 0 spiro atoms. The van der Waals surface area contributed by atoms with Crippen LogP contribution in [0.5, 0.6) is 0 Å². The Bertz CT molecular complexity index is 687. The Balaban J connectivity index is 3.37. The van der Waals surface area contributed by atoms with Crippen LogP contribution in [-0.4, -0.2) is 22.9 Å². The van der Waals surface area contributed by atoms with Crippen molar-refractivity contribution >= 4 is 11.5 Å². The SMILES string of the molecule is C=C(/C=C/C)/C(=C\C(=O)N(C(C)C)C(C)C)c1ccc(C(F)(F)F)cc1. The molecular weight excluding hydrogens is 339 g/mol. The summed E-state index contributed by atoms with van der Waals surface area (Å²) in [4.78, 5) is 14.5. The smallest absolute Gasteiger partial charge is 0.334 e. The largest absolute Gasteiger partial charge is 0.416 e. The van der Waals surface area contributed by atoms with E-state index in [4.69, 9.17) is 0 Å². The van der Waals surface area contributed by atoms with Gasteiger partial charge in [0.2, 0.25) is 5.91 Å². The van der Waals surface area contributed by atoms with Crippen molar-refractivity contribution in [1.82, 2.24) is 4.90 Å². The van der Waals surface area contributed by atoms with Crippen LogP contribution < -0.4 is 0 Å². The third-order valence-corrected chi connectivity index (χ3v) is 3.87.